The van der Waals surface area contributed by atoms with Gasteiger partial charge in [0.1, 0.15) is 5.82 Å². The summed E-state index contributed by atoms with van der Waals surface area (Å²) in [4.78, 5) is 35.4. The van der Waals surface area contributed by atoms with E-state index in [1.54, 1.807) is 6.07 Å². The number of hydrogen-bond acceptors (Lipinski definition) is 5. The molecule has 25 heavy (non-hydrogen) atoms. The van der Waals surface area contributed by atoms with Crippen LogP contribution in [0.3, 0.4) is 0 Å². The topological polar surface area (TPSA) is 81.7 Å². The number of halogens is 1. The third-order valence-corrected chi connectivity index (χ3v) is 3.33. The number of methoxy groups -OCH3 is 1. The van der Waals surface area contributed by atoms with E-state index >= 15 is 0 Å². The van der Waals surface area contributed by atoms with Crippen LogP contribution in [0, 0.1) is 5.82 Å². The molecular weight excluding hydrogens is 329 g/mol. The van der Waals surface area contributed by atoms with E-state index in [1.165, 1.54) is 56.5 Å². The molecule has 0 aliphatic rings. The molecule has 1 unspecified atom stereocenters. The molecule has 6 nitrogen and oxygen atoms in total. The molecule has 1 atom stereocenters. The highest BCUT2D eigenvalue weighted by atomic mass is 19.1. The Balaban J connectivity index is 1.98. The van der Waals surface area contributed by atoms with E-state index < -0.39 is 29.8 Å². The second-order valence-corrected chi connectivity index (χ2v) is 5.09. The molecule has 0 radical (unpaired) electrons. The number of anilines is 1. The van der Waals surface area contributed by atoms with Gasteiger partial charge in [-0.05, 0) is 43.3 Å². The second-order valence-electron chi connectivity index (χ2n) is 5.09. The van der Waals surface area contributed by atoms with Crippen molar-refractivity contribution in [3.63, 3.8) is 0 Å². The number of carbonyl (C=O) groups excluding carboxylic acids is 3. The van der Waals surface area contributed by atoms with Crippen molar-refractivity contribution in [1.29, 1.82) is 0 Å². The molecule has 0 spiro atoms. The van der Waals surface area contributed by atoms with Crippen molar-refractivity contribution in [2.75, 3.05) is 12.4 Å². The lowest BCUT2D eigenvalue weighted by molar-refractivity contribution is -0.123. The van der Waals surface area contributed by atoms with Crippen LogP contribution in [-0.4, -0.2) is 31.1 Å². The van der Waals surface area contributed by atoms with Crippen LogP contribution >= 0.6 is 0 Å². The largest absolute Gasteiger partial charge is 0.465 e. The predicted molar refractivity (Wildman–Crippen MR) is 87.7 cm³/mol. The van der Waals surface area contributed by atoms with E-state index in [4.69, 9.17) is 4.74 Å². The Labute approximate surface area is 143 Å². The van der Waals surface area contributed by atoms with E-state index in [9.17, 15) is 18.8 Å². The third kappa shape index (κ3) is 4.63. The highest BCUT2D eigenvalue weighted by molar-refractivity contribution is 5.98. The zero-order chi connectivity index (χ0) is 18.4. The lowest BCUT2D eigenvalue weighted by Crippen LogP contribution is -2.30. The number of rotatable bonds is 5. The molecule has 0 heterocycles. The summed E-state index contributed by atoms with van der Waals surface area (Å²) in [5, 5.41) is 2.35. The van der Waals surface area contributed by atoms with Crippen LogP contribution in [0.4, 0.5) is 10.1 Å². The molecular formula is C18H16FNO5. The van der Waals surface area contributed by atoms with Crippen LogP contribution in [0.5, 0.6) is 0 Å². The molecule has 0 bridgehead atoms. The van der Waals surface area contributed by atoms with Crippen molar-refractivity contribution in [3.05, 3.63) is 65.5 Å². The van der Waals surface area contributed by atoms with Crippen molar-refractivity contribution >= 4 is 23.5 Å². The summed E-state index contributed by atoms with van der Waals surface area (Å²) in [6.45, 7) is 1.37. The SMILES string of the molecule is COC(=O)c1ccc(C(=O)OC(C)C(=O)Nc2ccccc2F)cc1. The lowest BCUT2D eigenvalue weighted by Gasteiger charge is -2.14. The molecule has 1 N–H and O–H groups in total. The van der Waals surface area contributed by atoms with Crippen LogP contribution in [0.15, 0.2) is 48.5 Å². The van der Waals surface area contributed by atoms with Gasteiger partial charge < -0.3 is 14.8 Å². The molecule has 0 aromatic heterocycles. The van der Waals surface area contributed by atoms with Crippen molar-refractivity contribution in [2.45, 2.75) is 13.0 Å². The number of benzene rings is 2. The van der Waals surface area contributed by atoms with Crippen LogP contribution in [0.25, 0.3) is 0 Å². The maximum Gasteiger partial charge on any atom is 0.338 e. The van der Waals surface area contributed by atoms with Gasteiger partial charge in [-0.2, -0.15) is 0 Å². The standard InChI is InChI=1S/C18H16FNO5/c1-11(16(21)20-15-6-4-3-5-14(15)19)25-18(23)13-9-7-12(8-10-13)17(22)24-2/h3-11H,1-2H3,(H,20,21). The van der Waals surface area contributed by atoms with Gasteiger partial charge in [-0.1, -0.05) is 12.1 Å². The summed E-state index contributed by atoms with van der Waals surface area (Å²) in [5.41, 5.74) is 0.445. The minimum atomic E-state index is -1.13. The van der Waals surface area contributed by atoms with Gasteiger partial charge in [0.25, 0.3) is 5.91 Å². The van der Waals surface area contributed by atoms with E-state index in [0.717, 1.165) is 0 Å². The fraction of sp³-hybridized carbons (Fsp3) is 0.167. The summed E-state index contributed by atoms with van der Waals surface area (Å²) in [6.07, 6.45) is -1.13. The highest BCUT2D eigenvalue weighted by Crippen LogP contribution is 2.14. The Hall–Kier alpha value is -3.22. The Kier molecular flexibility index (Phi) is 5.84. The average molecular weight is 345 g/mol. The first-order chi connectivity index (χ1) is 11.9. The van der Waals surface area contributed by atoms with Crippen LogP contribution in [-0.2, 0) is 14.3 Å². The first-order valence-corrected chi connectivity index (χ1v) is 7.37. The van der Waals surface area contributed by atoms with Gasteiger partial charge in [0.15, 0.2) is 6.10 Å². The number of esters is 2. The molecule has 1 amide bonds. The second kappa shape index (κ2) is 8.05. The molecule has 2 aromatic carbocycles. The molecule has 7 heteroatoms. The Morgan fingerprint density at radius 2 is 1.52 bits per heavy atom. The molecule has 0 saturated heterocycles. The summed E-state index contributed by atoms with van der Waals surface area (Å²) in [5.74, 6) is -2.53. The van der Waals surface area contributed by atoms with Crippen LogP contribution in [0.2, 0.25) is 0 Å². The number of para-hydroxylation sites is 1. The maximum atomic E-state index is 13.5. The first kappa shape index (κ1) is 18.1. The van der Waals surface area contributed by atoms with Gasteiger partial charge in [0, 0.05) is 0 Å². The Morgan fingerprint density at radius 3 is 2.08 bits per heavy atom. The van der Waals surface area contributed by atoms with Gasteiger partial charge in [0.2, 0.25) is 0 Å². The average Bonchev–Trinajstić information content (AvgIpc) is 2.62. The van der Waals surface area contributed by atoms with Gasteiger partial charge in [-0.15, -0.1) is 0 Å². The van der Waals surface area contributed by atoms with Crippen LogP contribution in [0.1, 0.15) is 27.6 Å². The highest BCUT2D eigenvalue weighted by Gasteiger charge is 2.20. The smallest absolute Gasteiger partial charge is 0.338 e. The third-order valence-electron chi connectivity index (χ3n) is 3.33. The Bertz CT molecular complexity index is 788. The van der Waals surface area contributed by atoms with Crippen molar-refractivity contribution in [3.8, 4) is 0 Å². The van der Waals surface area contributed by atoms with Crippen molar-refractivity contribution in [2.24, 2.45) is 0 Å². The number of hydrogen-bond donors (Lipinski definition) is 1. The van der Waals surface area contributed by atoms with Gasteiger partial charge in [-0.25, -0.2) is 14.0 Å². The molecule has 130 valence electrons. The van der Waals surface area contributed by atoms with Gasteiger partial charge >= 0.3 is 11.9 Å². The maximum absolute atomic E-state index is 13.5. The lowest BCUT2D eigenvalue weighted by atomic mass is 10.1. The van der Waals surface area contributed by atoms with Crippen molar-refractivity contribution in [1.82, 2.24) is 0 Å². The Morgan fingerprint density at radius 1 is 0.960 bits per heavy atom. The number of amides is 1. The molecule has 0 aliphatic heterocycles. The molecule has 0 saturated carbocycles. The molecule has 0 fully saturated rings. The zero-order valence-electron chi connectivity index (χ0n) is 13.6. The summed E-state index contributed by atoms with van der Waals surface area (Å²) >= 11 is 0. The minimum Gasteiger partial charge on any atom is -0.465 e. The molecule has 2 aromatic rings. The minimum absolute atomic E-state index is 0.00201. The zero-order valence-corrected chi connectivity index (χ0v) is 13.6. The normalized spacial score (nSPS) is 11.3. The summed E-state index contributed by atoms with van der Waals surface area (Å²) in [6, 6.07) is 11.2. The summed E-state index contributed by atoms with van der Waals surface area (Å²) in [7, 11) is 1.25. The van der Waals surface area contributed by atoms with Crippen molar-refractivity contribution < 1.29 is 28.2 Å². The first-order valence-electron chi connectivity index (χ1n) is 7.37. The fourth-order valence-electron chi connectivity index (χ4n) is 1.94. The fourth-order valence-corrected chi connectivity index (χ4v) is 1.94. The van der Waals surface area contributed by atoms with E-state index in [1.807, 2.05) is 0 Å². The monoisotopic (exact) mass is 345 g/mol. The number of ether oxygens (including phenoxy) is 2. The quantitative estimate of drug-likeness (QED) is 0.843. The van der Waals surface area contributed by atoms with Gasteiger partial charge in [-0.3, -0.25) is 4.79 Å². The van der Waals surface area contributed by atoms with E-state index in [-0.39, 0.29) is 16.8 Å². The number of carbonyl (C=O) groups is 3. The van der Waals surface area contributed by atoms with Crippen LogP contribution < -0.4 is 5.32 Å². The molecule has 0 aliphatic carbocycles. The summed E-state index contributed by atoms with van der Waals surface area (Å²) < 4.78 is 23.1. The van der Waals surface area contributed by atoms with Gasteiger partial charge in [0.05, 0.1) is 23.9 Å². The van der Waals surface area contributed by atoms with E-state index in [2.05, 4.69) is 10.1 Å². The van der Waals surface area contributed by atoms with E-state index in [0.29, 0.717) is 0 Å². The number of nitrogens with one attached hydrogen (secondary N) is 1. The molecule has 2 rings (SSSR count). The predicted octanol–water partition coefficient (Wildman–Crippen LogP) is 2.80.